The van der Waals surface area contributed by atoms with Gasteiger partial charge in [0.25, 0.3) is 5.91 Å². The van der Waals surface area contributed by atoms with Crippen LogP contribution in [-0.2, 0) is 4.79 Å². The summed E-state index contributed by atoms with van der Waals surface area (Å²) in [5.41, 5.74) is 0.888. The third kappa shape index (κ3) is 3.11. The van der Waals surface area contributed by atoms with Crippen molar-refractivity contribution >= 4 is 11.8 Å². The molecular weight excluding hydrogens is 335 g/mol. The summed E-state index contributed by atoms with van der Waals surface area (Å²) in [6.07, 6.45) is 3.51. The Morgan fingerprint density at radius 3 is 2.38 bits per heavy atom. The lowest BCUT2D eigenvalue weighted by molar-refractivity contribution is -0.134. The van der Waals surface area contributed by atoms with E-state index >= 15 is 0 Å². The monoisotopic (exact) mass is 356 g/mol. The normalized spacial score (nSPS) is 22.8. The molecule has 2 saturated heterocycles. The fourth-order valence-electron chi connectivity index (χ4n) is 4.00. The molecule has 6 heteroatoms. The summed E-state index contributed by atoms with van der Waals surface area (Å²) in [6, 6.07) is 9.54. The fourth-order valence-corrected chi connectivity index (χ4v) is 4.00. The van der Waals surface area contributed by atoms with Crippen LogP contribution in [0.2, 0.25) is 0 Å². The van der Waals surface area contributed by atoms with Crippen LogP contribution in [0, 0.1) is 11.7 Å². The Kier molecular flexibility index (Phi) is 4.49. The van der Waals surface area contributed by atoms with Crippen LogP contribution in [0.5, 0.6) is 0 Å². The molecule has 2 aliphatic heterocycles. The van der Waals surface area contributed by atoms with Crippen LogP contribution in [0.4, 0.5) is 4.39 Å². The number of furan rings is 1. The summed E-state index contributed by atoms with van der Waals surface area (Å²) in [5.74, 6) is -0.597. The van der Waals surface area contributed by atoms with E-state index in [1.54, 1.807) is 29.2 Å². The van der Waals surface area contributed by atoms with Crippen molar-refractivity contribution in [1.29, 1.82) is 0 Å². The van der Waals surface area contributed by atoms with Crippen LogP contribution < -0.4 is 0 Å². The summed E-state index contributed by atoms with van der Waals surface area (Å²) in [6.45, 7) is 2.33. The summed E-state index contributed by atoms with van der Waals surface area (Å²) >= 11 is 0. The number of hydrogen-bond donors (Lipinski definition) is 0. The summed E-state index contributed by atoms with van der Waals surface area (Å²) < 4.78 is 18.5. The highest BCUT2D eigenvalue weighted by Crippen LogP contribution is 2.35. The van der Waals surface area contributed by atoms with E-state index in [4.69, 9.17) is 4.42 Å². The predicted molar refractivity (Wildman–Crippen MR) is 93.1 cm³/mol. The van der Waals surface area contributed by atoms with Gasteiger partial charge >= 0.3 is 0 Å². The maximum Gasteiger partial charge on any atom is 0.289 e. The largest absolute Gasteiger partial charge is 0.459 e. The standard InChI is InChI=1S/C20H21FN2O3/c21-15-7-5-14(6-8-15)16-12-23(20(25)18-4-3-11-26-18)13-17(16)19(24)22-9-1-2-10-22/h3-8,11,16-17H,1-2,9-10,12-13H2/t16-,17-/m1/s1. The molecule has 2 fully saturated rings. The van der Waals surface area contributed by atoms with Gasteiger partial charge in [-0.25, -0.2) is 4.39 Å². The number of rotatable bonds is 3. The zero-order valence-corrected chi connectivity index (χ0v) is 14.4. The molecule has 3 heterocycles. The molecule has 0 aliphatic carbocycles. The van der Waals surface area contributed by atoms with Crippen molar-refractivity contribution in [2.45, 2.75) is 18.8 Å². The average molecular weight is 356 g/mol. The first-order valence-electron chi connectivity index (χ1n) is 9.00. The number of carbonyl (C=O) groups is 2. The van der Waals surface area contributed by atoms with Gasteiger partial charge in [0.15, 0.2) is 5.76 Å². The van der Waals surface area contributed by atoms with Crippen LogP contribution in [-0.4, -0.2) is 47.8 Å². The first kappa shape index (κ1) is 16.8. The second-order valence-electron chi connectivity index (χ2n) is 6.98. The topological polar surface area (TPSA) is 53.8 Å². The Labute approximate surface area is 151 Å². The van der Waals surface area contributed by atoms with E-state index in [1.165, 1.54) is 18.4 Å². The Morgan fingerprint density at radius 2 is 1.73 bits per heavy atom. The molecule has 2 aliphatic rings. The quantitative estimate of drug-likeness (QED) is 0.850. The highest BCUT2D eigenvalue weighted by Gasteiger charge is 2.43. The molecule has 5 nitrogen and oxygen atoms in total. The van der Waals surface area contributed by atoms with Gasteiger partial charge in [-0.05, 0) is 42.7 Å². The van der Waals surface area contributed by atoms with Crippen molar-refractivity contribution in [1.82, 2.24) is 9.80 Å². The zero-order valence-electron chi connectivity index (χ0n) is 14.4. The van der Waals surface area contributed by atoms with Gasteiger partial charge in [-0.1, -0.05) is 12.1 Å². The van der Waals surface area contributed by atoms with Gasteiger partial charge in [-0.15, -0.1) is 0 Å². The van der Waals surface area contributed by atoms with Crippen LogP contribution in [0.15, 0.2) is 47.1 Å². The Balaban J connectivity index is 1.60. The maximum absolute atomic E-state index is 13.3. The van der Waals surface area contributed by atoms with Crippen LogP contribution in [0.25, 0.3) is 0 Å². The molecule has 0 radical (unpaired) electrons. The summed E-state index contributed by atoms with van der Waals surface area (Å²) in [5, 5.41) is 0. The second kappa shape index (κ2) is 6.94. The van der Waals surface area contributed by atoms with E-state index < -0.39 is 0 Å². The summed E-state index contributed by atoms with van der Waals surface area (Å²) in [4.78, 5) is 29.3. The summed E-state index contributed by atoms with van der Waals surface area (Å²) in [7, 11) is 0. The number of amides is 2. The van der Waals surface area contributed by atoms with E-state index in [2.05, 4.69) is 0 Å². The number of carbonyl (C=O) groups excluding carboxylic acids is 2. The zero-order chi connectivity index (χ0) is 18.1. The maximum atomic E-state index is 13.3. The molecule has 0 N–H and O–H groups in total. The van der Waals surface area contributed by atoms with E-state index in [9.17, 15) is 14.0 Å². The molecule has 1 aromatic heterocycles. The SMILES string of the molecule is O=C(c1ccco1)N1C[C@H](c2ccc(F)cc2)[C@H](C(=O)N2CCCC2)C1. The van der Waals surface area contributed by atoms with Crippen molar-refractivity contribution in [3.8, 4) is 0 Å². The van der Waals surface area contributed by atoms with Gasteiger partial charge in [0.2, 0.25) is 5.91 Å². The van der Waals surface area contributed by atoms with Gasteiger partial charge < -0.3 is 14.2 Å². The van der Waals surface area contributed by atoms with Gasteiger partial charge in [-0.3, -0.25) is 9.59 Å². The van der Waals surface area contributed by atoms with Gasteiger partial charge in [-0.2, -0.15) is 0 Å². The molecule has 136 valence electrons. The van der Waals surface area contributed by atoms with E-state index in [1.807, 2.05) is 4.90 Å². The van der Waals surface area contributed by atoms with Gasteiger partial charge in [0.1, 0.15) is 5.82 Å². The fraction of sp³-hybridized carbons (Fsp3) is 0.400. The minimum atomic E-state index is -0.308. The van der Waals surface area contributed by atoms with Crippen LogP contribution in [0.3, 0.4) is 0 Å². The molecule has 0 spiro atoms. The minimum Gasteiger partial charge on any atom is -0.459 e. The smallest absolute Gasteiger partial charge is 0.289 e. The molecule has 2 atom stereocenters. The first-order valence-corrected chi connectivity index (χ1v) is 9.00. The van der Waals surface area contributed by atoms with E-state index in [-0.39, 0.29) is 35.2 Å². The number of halogens is 1. The van der Waals surface area contributed by atoms with E-state index in [0.717, 1.165) is 31.5 Å². The molecule has 0 saturated carbocycles. The Morgan fingerprint density at radius 1 is 1.00 bits per heavy atom. The van der Waals surface area contributed by atoms with Crippen molar-refractivity contribution in [2.24, 2.45) is 5.92 Å². The third-order valence-corrected chi connectivity index (χ3v) is 5.37. The molecule has 2 amide bonds. The number of nitrogens with zero attached hydrogens (tertiary/aromatic N) is 2. The highest BCUT2D eigenvalue weighted by atomic mass is 19.1. The third-order valence-electron chi connectivity index (χ3n) is 5.37. The molecular formula is C20H21FN2O3. The molecule has 1 aromatic carbocycles. The Bertz CT molecular complexity index is 782. The van der Waals surface area contributed by atoms with Gasteiger partial charge in [0, 0.05) is 32.1 Å². The van der Waals surface area contributed by atoms with Crippen molar-refractivity contribution in [3.05, 3.63) is 59.8 Å². The van der Waals surface area contributed by atoms with E-state index in [0.29, 0.717) is 13.1 Å². The first-order chi connectivity index (χ1) is 12.6. The van der Waals surface area contributed by atoms with Crippen molar-refractivity contribution < 1.29 is 18.4 Å². The average Bonchev–Trinajstić information content (AvgIpc) is 3.42. The number of hydrogen-bond acceptors (Lipinski definition) is 3. The lowest BCUT2D eigenvalue weighted by Crippen LogP contribution is -2.37. The Hall–Kier alpha value is -2.63. The van der Waals surface area contributed by atoms with Crippen molar-refractivity contribution in [3.63, 3.8) is 0 Å². The van der Waals surface area contributed by atoms with Crippen LogP contribution >= 0.6 is 0 Å². The second-order valence-corrected chi connectivity index (χ2v) is 6.98. The highest BCUT2D eigenvalue weighted by molar-refractivity contribution is 5.92. The van der Waals surface area contributed by atoms with Crippen LogP contribution in [0.1, 0.15) is 34.9 Å². The molecule has 4 rings (SSSR count). The minimum absolute atomic E-state index is 0.0894. The molecule has 0 bridgehead atoms. The van der Waals surface area contributed by atoms with Crippen molar-refractivity contribution in [2.75, 3.05) is 26.2 Å². The number of benzene rings is 1. The lowest BCUT2D eigenvalue weighted by Gasteiger charge is -2.23. The molecule has 26 heavy (non-hydrogen) atoms. The predicted octanol–water partition coefficient (Wildman–Crippen LogP) is 2.90. The molecule has 0 unspecified atom stereocenters. The van der Waals surface area contributed by atoms with Gasteiger partial charge in [0.05, 0.1) is 12.2 Å². The lowest BCUT2D eigenvalue weighted by atomic mass is 9.88. The molecule has 2 aromatic rings. The number of likely N-dealkylation sites (tertiary alicyclic amines) is 2.